The molecule has 1 atom stereocenters. The van der Waals surface area contributed by atoms with Gasteiger partial charge in [-0.3, -0.25) is 5.84 Å². The Morgan fingerprint density at radius 2 is 2.06 bits per heavy atom. The van der Waals surface area contributed by atoms with Gasteiger partial charge in [-0.1, -0.05) is 0 Å². The van der Waals surface area contributed by atoms with Crippen molar-refractivity contribution in [2.45, 2.75) is 11.4 Å². The Morgan fingerprint density at radius 1 is 1.35 bits per heavy atom. The molecule has 0 bridgehead atoms. The lowest BCUT2D eigenvalue weighted by molar-refractivity contribution is 0.0417. The summed E-state index contributed by atoms with van der Waals surface area (Å²) in [6, 6.07) is 3.26. The van der Waals surface area contributed by atoms with E-state index in [9.17, 15) is 13.2 Å². The van der Waals surface area contributed by atoms with E-state index in [1.54, 1.807) is 0 Å². The van der Waals surface area contributed by atoms with Gasteiger partial charge >= 0.3 is 5.38 Å². The number of benzene rings is 1. The smallest absolute Gasteiger partial charge is 0.345 e. The molecule has 7 heteroatoms. The molecule has 0 saturated carbocycles. The highest BCUT2D eigenvalue weighted by Crippen LogP contribution is 2.36. The molecule has 1 heterocycles. The van der Waals surface area contributed by atoms with Crippen molar-refractivity contribution in [2.75, 3.05) is 0 Å². The quantitative estimate of drug-likeness (QED) is 0.509. The minimum absolute atomic E-state index is 0.159. The van der Waals surface area contributed by atoms with Crippen LogP contribution in [0.25, 0.3) is 11.0 Å². The fraction of sp³-hybridized carbons (Fsp3) is 0.200. The Bertz CT molecular complexity index is 538. The van der Waals surface area contributed by atoms with Gasteiger partial charge in [0.15, 0.2) is 6.04 Å². The van der Waals surface area contributed by atoms with Gasteiger partial charge in [0.25, 0.3) is 0 Å². The zero-order chi connectivity index (χ0) is 12.6. The average molecular weight is 265 g/mol. The summed E-state index contributed by atoms with van der Waals surface area (Å²) in [7, 11) is 0. The second-order valence-corrected chi connectivity index (χ2v) is 3.98. The van der Waals surface area contributed by atoms with Crippen LogP contribution in [-0.4, -0.2) is 5.38 Å². The summed E-state index contributed by atoms with van der Waals surface area (Å²) < 4.78 is 44.0. The molecule has 0 aliphatic heterocycles. The fourth-order valence-electron chi connectivity index (χ4n) is 1.51. The van der Waals surface area contributed by atoms with Gasteiger partial charge in [0, 0.05) is 5.39 Å². The molecule has 3 N–H and O–H groups in total. The lowest BCUT2D eigenvalue weighted by atomic mass is 10.2. The van der Waals surface area contributed by atoms with Crippen molar-refractivity contribution < 1.29 is 17.6 Å². The van der Waals surface area contributed by atoms with Crippen molar-refractivity contribution in [3.63, 3.8) is 0 Å². The van der Waals surface area contributed by atoms with Crippen LogP contribution >= 0.6 is 11.6 Å². The Labute approximate surface area is 99.3 Å². The molecule has 0 spiro atoms. The number of halogens is 4. The van der Waals surface area contributed by atoms with E-state index < -0.39 is 17.2 Å². The summed E-state index contributed by atoms with van der Waals surface area (Å²) in [6.45, 7) is 0. The highest BCUT2D eigenvalue weighted by Gasteiger charge is 2.40. The second kappa shape index (κ2) is 4.21. The predicted octanol–water partition coefficient (Wildman–Crippen LogP) is 2.91. The first-order valence-corrected chi connectivity index (χ1v) is 5.01. The SMILES string of the molecule is NNC(c1cc2cc(F)ccc2o1)C(F)(F)Cl. The van der Waals surface area contributed by atoms with Crippen LogP contribution in [0.1, 0.15) is 11.8 Å². The van der Waals surface area contributed by atoms with E-state index in [4.69, 9.17) is 21.9 Å². The van der Waals surface area contributed by atoms with Crippen molar-refractivity contribution >= 4 is 22.6 Å². The molecule has 3 nitrogen and oxygen atoms in total. The molecule has 0 radical (unpaired) electrons. The number of nitrogens with two attached hydrogens (primary N) is 1. The largest absolute Gasteiger partial charge is 0.459 e. The minimum Gasteiger partial charge on any atom is -0.459 e. The molecule has 0 aliphatic carbocycles. The fourth-order valence-corrected chi connectivity index (χ4v) is 1.69. The van der Waals surface area contributed by atoms with Crippen LogP contribution in [0.2, 0.25) is 0 Å². The van der Waals surface area contributed by atoms with Crippen molar-refractivity contribution in [2.24, 2.45) is 5.84 Å². The zero-order valence-electron chi connectivity index (χ0n) is 8.38. The van der Waals surface area contributed by atoms with Crippen LogP contribution in [0.3, 0.4) is 0 Å². The third kappa shape index (κ3) is 2.38. The molecule has 0 fully saturated rings. The van der Waals surface area contributed by atoms with E-state index in [-0.39, 0.29) is 11.3 Å². The molecule has 92 valence electrons. The lowest BCUT2D eigenvalue weighted by Gasteiger charge is -2.17. The van der Waals surface area contributed by atoms with Gasteiger partial charge in [-0.15, -0.1) is 0 Å². The van der Waals surface area contributed by atoms with Crippen LogP contribution in [0.4, 0.5) is 13.2 Å². The van der Waals surface area contributed by atoms with E-state index >= 15 is 0 Å². The standard InChI is InChI=1S/C10H8ClF3N2O/c11-10(13,14)9(16-15)8-4-5-3-6(12)1-2-7(5)17-8/h1-4,9,16H,15H2. The summed E-state index contributed by atoms with van der Waals surface area (Å²) in [6.07, 6.45) is 0. The van der Waals surface area contributed by atoms with E-state index in [1.165, 1.54) is 24.3 Å². The van der Waals surface area contributed by atoms with Crippen molar-refractivity contribution in [1.82, 2.24) is 5.43 Å². The van der Waals surface area contributed by atoms with E-state index in [1.807, 2.05) is 5.43 Å². The van der Waals surface area contributed by atoms with Crippen LogP contribution in [0.5, 0.6) is 0 Å². The van der Waals surface area contributed by atoms with Gasteiger partial charge in [0.1, 0.15) is 17.2 Å². The molecular weight excluding hydrogens is 257 g/mol. The van der Waals surface area contributed by atoms with E-state index in [2.05, 4.69) is 0 Å². The Morgan fingerprint density at radius 3 is 2.65 bits per heavy atom. The third-order valence-electron chi connectivity index (χ3n) is 2.28. The van der Waals surface area contributed by atoms with Gasteiger partial charge in [-0.05, 0) is 35.9 Å². The molecule has 2 rings (SSSR count). The lowest BCUT2D eigenvalue weighted by Crippen LogP contribution is -2.37. The zero-order valence-corrected chi connectivity index (χ0v) is 9.14. The third-order valence-corrected chi connectivity index (χ3v) is 2.49. The molecule has 0 saturated heterocycles. The number of nitrogens with one attached hydrogen (secondary N) is 1. The Kier molecular flexibility index (Phi) is 3.03. The van der Waals surface area contributed by atoms with Gasteiger partial charge in [0.2, 0.25) is 0 Å². The number of furan rings is 1. The summed E-state index contributed by atoms with van der Waals surface area (Å²) in [5.74, 6) is 4.35. The number of alkyl halides is 3. The van der Waals surface area contributed by atoms with Gasteiger partial charge in [0.05, 0.1) is 0 Å². The maximum absolute atomic E-state index is 13.0. The average Bonchev–Trinajstić information content (AvgIpc) is 2.58. The van der Waals surface area contributed by atoms with E-state index in [0.717, 1.165) is 0 Å². The monoisotopic (exact) mass is 264 g/mol. The number of rotatable bonds is 3. The Hall–Kier alpha value is -1.24. The topological polar surface area (TPSA) is 51.2 Å². The van der Waals surface area contributed by atoms with Crippen molar-refractivity contribution in [3.05, 3.63) is 35.8 Å². The predicted molar refractivity (Wildman–Crippen MR) is 57.0 cm³/mol. The summed E-state index contributed by atoms with van der Waals surface area (Å²) >= 11 is 4.88. The minimum atomic E-state index is -3.61. The highest BCUT2D eigenvalue weighted by molar-refractivity contribution is 6.22. The molecule has 0 amide bonds. The summed E-state index contributed by atoms with van der Waals surface area (Å²) in [5, 5.41) is -3.25. The maximum Gasteiger partial charge on any atom is 0.345 e. The molecule has 1 aromatic carbocycles. The Balaban J connectivity index is 2.48. The van der Waals surface area contributed by atoms with Crippen molar-refractivity contribution in [3.8, 4) is 0 Å². The normalized spacial score (nSPS) is 14.2. The van der Waals surface area contributed by atoms with Crippen molar-refractivity contribution in [1.29, 1.82) is 0 Å². The van der Waals surface area contributed by atoms with Crippen LogP contribution in [0, 0.1) is 5.82 Å². The van der Waals surface area contributed by atoms with Gasteiger partial charge in [-0.25, -0.2) is 9.82 Å². The first-order valence-electron chi connectivity index (χ1n) is 4.63. The number of fused-ring (bicyclic) bond motifs is 1. The van der Waals surface area contributed by atoms with Gasteiger partial charge < -0.3 is 4.42 Å². The first kappa shape index (κ1) is 12.2. The molecular formula is C10H8ClF3N2O. The van der Waals surface area contributed by atoms with Crippen LogP contribution < -0.4 is 11.3 Å². The molecule has 2 aromatic rings. The molecule has 17 heavy (non-hydrogen) atoms. The first-order chi connectivity index (χ1) is 7.91. The molecule has 1 aromatic heterocycles. The van der Waals surface area contributed by atoms with E-state index in [0.29, 0.717) is 5.39 Å². The maximum atomic E-state index is 13.0. The number of hydrazine groups is 1. The van der Waals surface area contributed by atoms with Crippen LogP contribution in [-0.2, 0) is 0 Å². The second-order valence-electron chi connectivity index (χ2n) is 3.47. The number of hydrogen-bond acceptors (Lipinski definition) is 3. The van der Waals surface area contributed by atoms with Crippen LogP contribution in [0.15, 0.2) is 28.7 Å². The van der Waals surface area contributed by atoms with Gasteiger partial charge in [-0.2, -0.15) is 8.78 Å². The summed E-state index contributed by atoms with van der Waals surface area (Å²) in [5.41, 5.74) is 2.14. The summed E-state index contributed by atoms with van der Waals surface area (Å²) in [4.78, 5) is 0. The number of hydrogen-bond donors (Lipinski definition) is 2. The molecule has 1 unspecified atom stereocenters. The highest BCUT2D eigenvalue weighted by atomic mass is 35.5. The molecule has 0 aliphatic rings.